The van der Waals surface area contributed by atoms with Gasteiger partial charge in [0.25, 0.3) is 0 Å². The molecule has 1 rings (SSSR count). The van der Waals surface area contributed by atoms with E-state index in [1.54, 1.807) is 18.5 Å². The SMILES string of the molecule is CCCCSc1cc/c(=N/C)n(C(C)O)c1. The van der Waals surface area contributed by atoms with Crippen LogP contribution < -0.4 is 5.49 Å². The zero-order chi connectivity index (χ0) is 12.0. The Labute approximate surface area is 101 Å². The van der Waals surface area contributed by atoms with E-state index < -0.39 is 6.23 Å². The molecule has 3 nitrogen and oxygen atoms in total. The van der Waals surface area contributed by atoms with Crippen LogP contribution in [-0.4, -0.2) is 22.5 Å². The summed E-state index contributed by atoms with van der Waals surface area (Å²) in [5.74, 6) is 1.12. The maximum Gasteiger partial charge on any atom is 0.129 e. The van der Waals surface area contributed by atoms with Crippen LogP contribution in [0.1, 0.15) is 32.9 Å². The van der Waals surface area contributed by atoms with E-state index in [0.717, 1.165) is 11.2 Å². The van der Waals surface area contributed by atoms with Gasteiger partial charge in [-0.1, -0.05) is 13.3 Å². The molecular weight excluding hydrogens is 220 g/mol. The van der Waals surface area contributed by atoms with Crippen LogP contribution in [0.5, 0.6) is 0 Å². The number of unbranched alkanes of at least 4 members (excludes halogenated alkanes) is 1. The quantitative estimate of drug-likeness (QED) is 0.634. The fourth-order valence-electron chi connectivity index (χ4n) is 1.40. The highest BCUT2D eigenvalue weighted by Crippen LogP contribution is 2.18. The number of nitrogens with zero attached hydrogens (tertiary/aromatic N) is 2. The van der Waals surface area contributed by atoms with Crippen molar-refractivity contribution < 1.29 is 5.11 Å². The van der Waals surface area contributed by atoms with Gasteiger partial charge in [-0.25, -0.2) is 0 Å². The van der Waals surface area contributed by atoms with Crippen molar-refractivity contribution in [2.45, 2.75) is 37.8 Å². The standard InChI is InChI=1S/C12H20N2OS/c1-4-5-8-16-11-6-7-12(13-3)14(9-11)10(2)15/h6-7,9-10,15H,4-5,8H2,1-3H3/b13-12-. The number of rotatable bonds is 5. The van der Waals surface area contributed by atoms with Crippen LogP contribution in [0, 0.1) is 0 Å². The molecular formula is C12H20N2OS. The van der Waals surface area contributed by atoms with E-state index in [2.05, 4.69) is 18.0 Å². The summed E-state index contributed by atoms with van der Waals surface area (Å²) in [7, 11) is 1.73. The largest absolute Gasteiger partial charge is 0.374 e. The molecule has 1 unspecified atom stereocenters. The molecule has 0 radical (unpaired) electrons. The number of aliphatic hydroxyl groups excluding tert-OH is 1. The summed E-state index contributed by atoms with van der Waals surface area (Å²) in [6.45, 7) is 3.94. The number of aromatic nitrogens is 1. The van der Waals surface area contributed by atoms with Gasteiger partial charge in [0.1, 0.15) is 11.7 Å². The third-order valence-electron chi connectivity index (χ3n) is 2.33. The molecule has 0 saturated carbocycles. The summed E-state index contributed by atoms with van der Waals surface area (Å²) in [5, 5.41) is 9.63. The molecule has 16 heavy (non-hydrogen) atoms. The molecule has 0 aliphatic carbocycles. The van der Waals surface area contributed by atoms with Gasteiger partial charge in [0.15, 0.2) is 0 Å². The summed E-state index contributed by atoms with van der Waals surface area (Å²) in [6, 6.07) is 4.00. The van der Waals surface area contributed by atoms with E-state index in [-0.39, 0.29) is 0 Å². The van der Waals surface area contributed by atoms with Crippen LogP contribution >= 0.6 is 11.8 Å². The summed E-state index contributed by atoms with van der Waals surface area (Å²) >= 11 is 1.82. The number of hydrogen-bond donors (Lipinski definition) is 1. The van der Waals surface area contributed by atoms with Crippen molar-refractivity contribution in [1.29, 1.82) is 0 Å². The van der Waals surface area contributed by atoms with Gasteiger partial charge in [-0.15, -0.1) is 11.8 Å². The summed E-state index contributed by atoms with van der Waals surface area (Å²) in [5.41, 5.74) is 0.801. The van der Waals surface area contributed by atoms with Crippen LogP contribution in [0.3, 0.4) is 0 Å². The summed E-state index contributed by atoms with van der Waals surface area (Å²) < 4.78 is 1.79. The first kappa shape index (κ1) is 13.3. The highest BCUT2D eigenvalue weighted by Gasteiger charge is 2.02. The van der Waals surface area contributed by atoms with Crippen LogP contribution in [0.2, 0.25) is 0 Å². The lowest BCUT2D eigenvalue weighted by molar-refractivity contribution is 0.119. The van der Waals surface area contributed by atoms with Crippen molar-refractivity contribution in [3.63, 3.8) is 0 Å². The summed E-state index contributed by atoms with van der Waals surface area (Å²) in [6.07, 6.45) is 3.86. The minimum Gasteiger partial charge on any atom is -0.374 e. The van der Waals surface area contributed by atoms with E-state index >= 15 is 0 Å². The van der Waals surface area contributed by atoms with Gasteiger partial charge in [-0.3, -0.25) is 4.99 Å². The predicted molar refractivity (Wildman–Crippen MR) is 68.5 cm³/mol. The fourth-order valence-corrected chi connectivity index (χ4v) is 2.42. The van der Waals surface area contributed by atoms with Gasteiger partial charge in [0.05, 0.1) is 0 Å². The van der Waals surface area contributed by atoms with E-state index in [4.69, 9.17) is 0 Å². The Morgan fingerprint density at radius 2 is 2.25 bits per heavy atom. The molecule has 0 bridgehead atoms. The van der Waals surface area contributed by atoms with Crippen LogP contribution in [0.25, 0.3) is 0 Å². The topological polar surface area (TPSA) is 37.5 Å². The molecule has 0 aromatic carbocycles. The Bertz CT molecular complexity index is 385. The maximum atomic E-state index is 9.63. The lowest BCUT2D eigenvalue weighted by Crippen LogP contribution is -2.23. The van der Waals surface area contributed by atoms with Gasteiger partial charge in [0, 0.05) is 18.1 Å². The first-order valence-electron chi connectivity index (χ1n) is 5.65. The first-order chi connectivity index (χ1) is 7.69. The fraction of sp³-hybridized carbons (Fsp3) is 0.583. The molecule has 0 amide bonds. The van der Waals surface area contributed by atoms with Crippen molar-refractivity contribution in [3.05, 3.63) is 23.8 Å². The van der Waals surface area contributed by atoms with Gasteiger partial charge in [-0.2, -0.15) is 0 Å². The number of thioether (sulfide) groups is 1. The average Bonchev–Trinajstić information content (AvgIpc) is 2.29. The van der Waals surface area contributed by atoms with E-state index in [0.29, 0.717) is 0 Å². The number of hydrogen-bond acceptors (Lipinski definition) is 3. The van der Waals surface area contributed by atoms with E-state index in [1.165, 1.54) is 17.7 Å². The third-order valence-corrected chi connectivity index (χ3v) is 3.39. The predicted octanol–water partition coefficient (Wildman–Crippen LogP) is 2.42. The molecule has 90 valence electrons. The monoisotopic (exact) mass is 240 g/mol. The molecule has 1 heterocycles. The average molecular weight is 240 g/mol. The van der Waals surface area contributed by atoms with Crippen LogP contribution in [0.4, 0.5) is 0 Å². The molecule has 0 spiro atoms. The van der Waals surface area contributed by atoms with Gasteiger partial charge in [-0.05, 0) is 31.2 Å². The van der Waals surface area contributed by atoms with Gasteiger partial charge < -0.3 is 9.67 Å². The smallest absolute Gasteiger partial charge is 0.129 e. The Hall–Kier alpha value is -0.740. The normalized spacial score (nSPS) is 14.1. The van der Waals surface area contributed by atoms with Crippen molar-refractivity contribution in [3.8, 4) is 0 Å². The Balaban J connectivity index is 2.86. The Morgan fingerprint density at radius 1 is 1.50 bits per heavy atom. The van der Waals surface area contributed by atoms with Crippen molar-refractivity contribution >= 4 is 11.8 Å². The zero-order valence-corrected chi connectivity index (χ0v) is 11.0. The molecule has 0 aliphatic rings. The van der Waals surface area contributed by atoms with Gasteiger partial charge >= 0.3 is 0 Å². The minimum atomic E-state index is -0.537. The third kappa shape index (κ3) is 3.68. The first-order valence-corrected chi connectivity index (χ1v) is 6.63. The molecule has 1 N–H and O–H groups in total. The van der Waals surface area contributed by atoms with Crippen molar-refractivity contribution in [2.24, 2.45) is 4.99 Å². The number of aliphatic hydroxyl groups is 1. The highest BCUT2D eigenvalue weighted by molar-refractivity contribution is 7.99. The minimum absolute atomic E-state index is 0.537. The van der Waals surface area contributed by atoms with Crippen molar-refractivity contribution in [2.75, 3.05) is 12.8 Å². The summed E-state index contributed by atoms with van der Waals surface area (Å²) in [4.78, 5) is 5.31. The molecule has 4 heteroatoms. The lowest BCUT2D eigenvalue weighted by atomic mass is 10.4. The molecule has 1 atom stereocenters. The van der Waals surface area contributed by atoms with Gasteiger partial charge in [0.2, 0.25) is 0 Å². The lowest BCUT2D eigenvalue weighted by Gasteiger charge is -2.12. The zero-order valence-electron chi connectivity index (χ0n) is 10.2. The maximum absolute atomic E-state index is 9.63. The molecule has 1 aromatic rings. The van der Waals surface area contributed by atoms with Crippen molar-refractivity contribution in [1.82, 2.24) is 4.57 Å². The number of pyridine rings is 1. The molecule has 0 aliphatic heterocycles. The van der Waals surface area contributed by atoms with E-state index in [9.17, 15) is 5.11 Å². The second kappa shape index (κ2) is 6.76. The highest BCUT2D eigenvalue weighted by atomic mass is 32.2. The molecule has 0 fully saturated rings. The molecule has 0 saturated heterocycles. The Morgan fingerprint density at radius 3 is 2.81 bits per heavy atom. The molecule has 1 aromatic heterocycles. The van der Waals surface area contributed by atoms with Crippen LogP contribution in [0.15, 0.2) is 28.2 Å². The van der Waals surface area contributed by atoms with Crippen LogP contribution in [-0.2, 0) is 0 Å². The van der Waals surface area contributed by atoms with E-state index in [1.807, 2.05) is 24.0 Å². The second-order valence-electron chi connectivity index (χ2n) is 3.69. The second-order valence-corrected chi connectivity index (χ2v) is 4.86. The Kier molecular flexibility index (Phi) is 5.63.